The van der Waals surface area contributed by atoms with E-state index in [1.54, 1.807) is 12.1 Å². The highest BCUT2D eigenvalue weighted by atomic mass is 32.1. The molecule has 2 amide bonds. The van der Waals surface area contributed by atoms with Crippen LogP contribution in [0, 0.1) is 11.3 Å². The fourth-order valence-corrected chi connectivity index (χ4v) is 4.03. The van der Waals surface area contributed by atoms with Crippen molar-refractivity contribution in [3.63, 3.8) is 0 Å². The second-order valence-electron chi connectivity index (χ2n) is 7.19. The molecule has 2 aromatic rings. The largest absolute Gasteiger partial charge is 0.389 e. The van der Waals surface area contributed by atoms with Crippen LogP contribution in [0.4, 0.5) is 9.93 Å². The first kappa shape index (κ1) is 21.4. The summed E-state index contributed by atoms with van der Waals surface area (Å²) in [5, 5.41) is 21.9. The predicted octanol–water partition coefficient (Wildman–Crippen LogP) is 4.29. The van der Waals surface area contributed by atoms with E-state index in [1.165, 1.54) is 16.2 Å². The van der Waals surface area contributed by atoms with E-state index in [0.717, 1.165) is 21.7 Å². The third-order valence-corrected chi connectivity index (χ3v) is 5.51. The van der Waals surface area contributed by atoms with Gasteiger partial charge in [0.05, 0.1) is 41.4 Å². The molecule has 2 N–H and O–H groups in total. The Bertz CT molecular complexity index is 1090. The zero-order chi connectivity index (χ0) is 21.8. The molecule has 0 spiro atoms. The number of aliphatic imine (C=N–C) groups is 1. The van der Waals surface area contributed by atoms with E-state index in [9.17, 15) is 15.2 Å². The van der Waals surface area contributed by atoms with Crippen molar-refractivity contribution < 1.29 is 9.90 Å². The lowest BCUT2D eigenvalue weighted by Gasteiger charge is -2.35. The van der Waals surface area contributed by atoms with Crippen LogP contribution in [0.15, 0.2) is 47.6 Å². The zero-order valence-electron chi connectivity index (χ0n) is 17.1. The number of hydrogen-bond donors (Lipinski definition) is 2. The molecule has 1 fully saturated rings. The van der Waals surface area contributed by atoms with Gasteiger partial charge in [-0.25, -0.2) is 9.78 Å². The van der Waals surface area contributed by atoms with E-state index >= 15 is 0 Å². The number of nitrogens with one attached hydrogen (secondary N) is 1. The number of thiazole rings is 1. The van der Waals surface area contributed by atoms with Gasteiger partial charge in [-0.15, -0.1) is 0 Å². The third kappa shape index (κ3) is 5.00. The number of rotatable bonds is 5. The molecule has 0 atom stereocenters. The maximum atomic E-state index is 12.4. The number of likely N-dealkylation sites (tertiary alicyclic amines) is 1. The topological polar surface area (TPSA) is 102 Å². The summed E-state index contributed by atoms with van der Waals surface area (Å²) in [5.41, 5.74) is 4.48. The molecule has 0 aliphatic carbocycles. The lowest BCUT2D eigenvalue weighted by molar-refractivity contribution is 0.0309. The highest BCUT2D eigenvalue weighted by Crippen LogP contribution is 2.36. The van der Waals surface area contributed by atoms with Crippen LogP contribution in [0.25, 0.3) is 16.8 Å². The van der Waals surface area contributed by atoms with Gasteiger partial charge in [0.2, 0.25) is 0 Å². The summed E-state index contributed by atoms with van der Waals surface area (Å²) in [5.74, 6) is 0. The molecule has 1 aliphatic rings. The number of carbonyl (C=O) groups excluding carboxylic acids is 1. The van der Waals surface area contributed by atoms with Gasteiger partial charge in [0, 0.05) is 17.0 Å². The van der Waals surface area contributed by atoms with Gasteiger partial charge in [0.15, 0.2) is 5.13 Å². The Hall–Kier alpha value is -3.28. The molecule has 0 bridgehead atoms. The molecule has 1 aliphatic heterocycles. The lowest BCUT2D eigenvalue weighted by Crippen LogP contribution is -2.54. The van der Waals surface area contributed by atoms with Crippen molar-refractivity contribution in [2.24, 2.45) is 4.99 Å². The molecule has 30 heavy (non-hydrogen) atoms. The van der Waals surface area contributed by atoms with Crippen LogP contribution in [0.1, 0.15) is 31.2 Å². The number of benzene rings is 1. The Kier molecular flexibility index (Phi) is 6.45. The second-order valence-corrected chi connectivity index (χ2v) is 8.19. The first-order valence-corrected chi connectivity index (χ1v) is 10.2. The lowest BCUT2D eigenvalue weighted by atomic mass is 10.0. The summed E-state index contributed by atoms with van der Waals surface area (Å²) < 4.78 is 0. The van der Waals surface area contributed by atoms with Gasteiger partial charge in [-0.1, -0.05) is 30.0 Å². The fourth-order valence-electron chi connectivity index (χ4n) is 3.08. The predicted molar refractivity (Wildman–Crippen MR) is 120 cm³/mol. The number of amides is 2. The molecule has 8 heteroatoms. The summed E-state index contributed by atoms with van der Waals surface area (Å²) in [6.45, 7) is 10.1. The number of nitrogens with zero attached hydrogens (tertiary/aromatic N) is 4. The van der Waals surface area contributed by atoms with Gasteiger partial charge in [0.1, 0.15) is 0 Å². The van der Waals surface area contributed by atoms with Crippen molar-refractivity contribution in [2.75, 3.05) is 18.4 Å². The molecule has 0 unspecified atom stereocenters. The Morgan fingerprint density at radius 1 is 1.43 bits per heavy atom. The molecule has 2 heterocycles. The monoisotopic (exact) mass is 421 g/mol. The summed E-state index contributed by atoms with van der Waals surface area (Å²) in [4.78, 5) is 23.7. The molecule has 7 nitrogen and oxygen atoms in total. The smallest absolute Gasteiger partial charge is 0.323 e. The van der Waals surface area contributed by atoms with Crippen LogP contribution in [0.3, 0.4) is 0 Å². The quantitative estimate of drug-likeness (QED) is 0.703. The molecule has 3 rings (SSSR count). The SMILES string of the molecule is C=C(C)/N=C(C)\C=C(/C)c1sc(NC(=O)N2CC(O)C2)nc1-c1cccc(C#N)c1. The minimum absolute atomic E-state index is 0.292. The molecule has 0 radical (unpaired) electrons. The minimum atomic E-state index is -0.465. The Morgan fingerprint density at radius 3 is 2.80 bits per heavy atom. The van der Waals surface area contributed by atoms with E-state index in [-0.39, 0.29) is 6.03 Å². The Balaban J connectivity index is 1.99. The number of nitriles is 1. The van der Waals surface area contributed by atoms with Gasteiger partial charge >= 0.3 is 6.03 Å². The van der Waals surface area contributed by atoms with Crippen LogP contribution < -0.4 is 5.32 Å². The Morgan fingerprint density at radius 2 is 2.17 bits per heavy atom. The third-order valence-electron chi connectivity index (χ3n) is 4.41. The summed E-state index contributed by atoms with van der Waals surface area (Å²) in [6, 6.07) is 9.06. The van der Waals surface area contributed by atoms with Crippen LogP contribution in [-0.2, 0) is 0 Å². The molecule has 1 aromatic carbocycles. The number of carbonyl (C=O) groups is 1. The van der Waals surface area contributed by atoms with Gasteiger partial charge in [-0.05, 0) is 44.6 Å². The fraction of sp³-hybridized carbons (Fsp3) is 0.273. The second kappa shape index (κ2) is 9.03. The first-order valence-electron chi connectivity index (χ1n) is 9.41. The van der Waals surface area contributed by atoms with E-state index in [2.05, 4.69) is 27.9 Å². The maximum Gasteiger partial charge on any atom is 0.323 e. The van der Waals surface area contributed by atoms with Crippen molar-refractivity contribution in [1.82, 2.24) is 9.88 Å². The van der Waals surface area contributed by atoms with Crippen molar-refractivity contribution >= 4 is 33.8 Å². The van der Waals surface area contributed by atoms with E-state index < -0.39 is 6.10 Å². The van der Waals surface area contributed by atoms with Crippen LogP contribution in [0.2, 0.25) is 0 Å². The summed E-state index contributed by atoms with van der Waals surface area (Å²) >= 11 is 1.36. The molecular formula is C22H23N5O2S. The van der Waals surface area contributed by atoms with E-state index in [1.807, 2.05) is 39.0 Å². The van der Waals surface area contributed by atoms with Crippen molar-refractivity contribution in [3.8, 4) is 17.3 Å². The number of aliphatic hydroxyl groups is 1. The van der Waals surface area contributed by atoms with Crippen molar-refractivity contribution in [2.45, 2.75) is 26.9 Å². The number of aliphatic hydroxyl groups excluding tert-OH is 1. The molecule has 154 valence electrons. The van der Waals surface area contributed by atoms with Crippen LogP contribution in [0.5, 0.6) is 0 Å². The van der Waals surface area contributed by atoms with Crippen molar-refractivity contribution in [1.29, 1.82) is 5.26 Å². The summed E-state index contributed by atoms with van der Waals surface area (Å²) in [7, 11) is 0. The first-order chi connectivity index (χ1) is 14.3. The molecule has 1 aromatic heterocycles. The van der Waals surface area contributed by atoms with Gasteiger partial charge in [-0.3, -0.25) is 10.3 Å². The molecular weight excluding hydrogens is 398 g/mol. The Labute approximate surface area is 179 Å². The van der Waals surface area contributed by atoms with Gasteiger partial charge < -0.3 is 10.0 Å². The number of urea groups is 1. The summed E-state index contributed by atoms with van der Waals surface area (Å²) in [6.07, 6.45) is 1.48. The standard InChI is InChI=1S/C22H23N5O2S/c1-13(2)24-15(4)8-14(3)20-19(17-7-5-6-16(9-17)10-23)25-21(30-20)26-22(29)27-11-18(28)12-27/h5-9,18,28H,1,11-12H2,2-4H3,(H,25,26,29)/b14-8+,24-15-. The van der Waals surface area contributed by atoms with Gasteiger partial charge in [0.25, 0.3) is 0 Å². The highest BCUT2D eigenvalue weighted by molar-refractivity contribution is 7.17. The van der Waals surface area contributed by atoms with Crippen molar-refractivity contribution in [3.05, 3.63) is 53.1 Å². The average Bonchev–Trinajstić information content (AvgIpc) is 3.08. The number of hydrogen-bond acceptors (Lipinski definition) is 6. The highest BCUT2D eigenvalue weighted by Gasteiger charge is 2.29. The molecule has 1 saturated heterocycles. The van der Waals surface area contributed by atoms with Crippen LogP contribution >= 0.6 is 11.3 Å². The number of allylic oxidation sites excluding steroid dienone is 3. The van der Waals surface area contributed by atoms with E-state index in [4.69, 9.17) is 0 Å². The zero-order valence-corrected chi connectivity index (χ0v) is 18.0. The van der Waals surface area contributed by atoms with Crippen LogP contribution in [-0.4, -0.2) is 45.9 Å². The minimum Gasteiger partial charge on any atom is -0.389 e. The van der Waals surface area contributed by atoms with Gasteiger partial charge in [-0.2, -0.15) is 5.26 Å². The average molecular weight is 422 g/mol. The number of aromatic nitrogens is 1. The normalized spacial score (nSPS) is 14.8. The van der Waals surface area contributed by atoms with E-state index in [0.29, 0.717) is 35.2 Å². The number of anilines is 1. The maximum absolute atomic E-state index is 12.4. The number of β-amino-alcohol motifs (C(OH)–C–C–N with tert-alkyl or cyclic N) is 1. The molecule has 0 saturated carbocycles.